The third-order valence-corrected chi connectivity index (χ3v) is 1.92. The number of nitrogens with zero attached hydrogens (tertiary/aromatic N) is 2. The molecule has 0 fully saturated rings. The molecule has 0 atom stereocenters. The van der Waals surface area contributed by atoms with Crippen LogP contribution < -0.4 is 21.7 Å². The van der Waals surface area contributed by atoms with Crippen LogP contribution in [0.5, 0.6) is 5.75 Å². The molecule has 1 aromatic carbocycles. The summed E-state index contributed by atoms with van der Waals surface area (Å²) in [7, 11) is -0.0708. The Hall–Kier alpha value is -2.06. The maximum absolute atomic E-state index is 9.03. The average molecular weight is 236 g/mol. The minimum atomic E-state index is -1.56. The fraction of sp³-hybridized carbons (Fsp3) is 0.111. The molecule has 0 aliphatic carbocycles. The summed E-state index contributed by atoms with van der Waals surface area (Å²) >= 11 is 0. The lowest BCUT2D eigenvalue weighted by Gasteiger charge is -2.06. The van der Waals surface area contributed by atoms with Gasteiger partial charge in [0.25, 0.3) is 0 Å². The molecule has 0 unspecified atom stereocenters. The molecule has 8 heteroatoms. The van der Waals surface area contributed by atoms with Crippen LogP contribution in [0.25, 0.3) is 0 Å². The second kappa shape index (κ2) is 5.87. The Morgan fingerprint density at radius 2 is 2.12 bits per heavy atom. The predicted octanol–water partition coefficient (Wildman–Crippen LogP) is -2.02. The average Bonchev–Trinajstić information content (AvgIpc) is 2.28. The molecule has 0 bridgehead atoms. The molecule has 0 saturated heterocycles. The van der Waals surface area contributed by atoms with Gasteiger partial charge in [-0.15, -0.1) is 5.10 Å². The normalized spacial score (nSPS) is 10.3. The number of nitrogens with two attached hydrogens (primary N) is 2. The molecule has 0 spiro atoms. The van der Waals surface area contributed by atoms with Gasteiger partial charge in [0, 0.05) is 5.56 Å². The zero-order chi connectivity index (χ0) is 12.8. The highest BCUT2D eigenvalue weighted by atomic mass is 16.5. The van der Waals surface area contributed by atoms with Crippen LogP contribution in [0.3, 0.4) is 0 Å². The van der Waals surface area contributed by atoms with Gasteiger partial charge in [-0.3, -0.25) is 0 Å². The van der Waals surface area contributed by atoms with Gasteiger partial charge in [0.05, 0.1) is 13.3 Å². The molecule has 17 heavy (non-hydrogen) atoms. The number of hydrogen-bond acceptors (Lipinski definition) is 5. The molecule has 0 amide bonds. The van der Waals surface area contributed by atoms with Gasteiger partial charge < -0.3 is 26.3 Å². The van der Waals surface area contributed by atoms with E-state index in [1.54, 1.807) is 6.07 Å². The largest absolute Gasteiger partial charge is 0.496 e. The number of methoxy groups -OCH3 is 1. The quantitative estimate of drug-likeness (QED) is 0.208. The van der Waals surface area contributed by atoms with Gasteiger partial charge in [-0.2, -0.15) is 5.10 Å². The van der Waals surface area contributed by atoms with Gasteiger partial charge in [-0.25, -0.2) is 0 Å². The number of benzene rings is 1. The maximum Gasteiger partial charge on any atom is 0.488 e. The van der Waals surface area contributed by atoms with Crippen LogP contribution in [0.15, 0.2) is 28.4 Å². The highest BCUT2D eigenvalue weighted by Gasteiger charge is 2.12. The van der Waals surface area contributed by atoms with Crippen molar-refractivity contribution in [2.24, 2.45) is 21.7 Å². The van der Waals surface area contributed by atoms with Crippen molar-refractivity contribution in [1.82, 2.24) is 0 Å². The van der Waals surface area contributed by atoms with E-state index in [-0.39, 0.29) is 5.96 Å². The van der Waals surface area contributed by atoms with Crippen molar-refractivity contribution in [1.29, 1.82) is 0 Å². The summed E-state index contributed by atoms with van der Waals surface area (Å²) in [6, 6.07) is 4.63. The lowest BCUT2D eigenvalue weighted by atomic mass is 9.79. The standard InChI is InChI=1S/C9H13BN4O3/c1-17-8-3-2-7(10(15)16)4-6(8)5-13-14-9(11)12/h2-5,15-16H,1H3,(H4,11,12,14). The number of rotatable bonds is 4. The molecule has 0 aromatic heterocycles. The summed E-state index contributed by atoms with van der Waals surface area (Å²) < 4.78 is 5.07. The summed E-state index contributed by atoms with van der Waals surface area (Å²) in [5.41, 5.74) is 11.1. The minimum absolute atomic E-state index is 0.168. The van der Waals surface area contributed by atoms with E-state index in [9.17, 15) is 0 Å². The molecular formula is C9H13BN4O3. The zero-order valence-electron chi connectivity index (χ0n) is 9.24. The van der Waals surface area contributed by atoms with Crippen LogP contribution in [0.2, 0.25) is 0 Å². The summed E-state index contributed by atoms with van der Waals surface area (Å²) in [5.74, 6) is 0.350. The molecule has 7 nitrogen and oxygen atoms in total. The fourth-order valence-corrected chi connectivity index (χ4v) is 1.17. The van der Waals surface area contributed by atoms with E-state index in [1.807, 2.05) is 0 Å². The molecular weight excluding hydrogens is 223 g/mol. The number of guanidine groups is 1. The molecule has 0 aliphatic rings. The Morgan fingerprint density at radius 3 is 2.65 bits per heavy atom. The molecule has 6 N–H and O–H groups in total. The molecule has 0 aliphatic heterocycles. The number of hydrogen-bond donors (Lipinski definition) is 4. The van der Waals surface area contributed by atoms with Crippen molar-refractivity contribution < 1.29 is 14.8 Å². The van der Waals surface area contributed by atoms with E-state index in [0.717, 1.165) is 0 Å². The Kier molecular flexibility index (Phi) is 4.50. The van der Waals surface area contributed by atoms with Gasteiger partial charge >= 0.3 is 7.12 Å². The van der Waals surface area contributed by atoms with Crippen LogP contribution in [-0.4, -0.2) is 36.5 Å². The van der Waals surface area contributed by atoms with Crippen LogP contribution in [0, 0.1) is 0 Å². The molecule has 1 aromatic rings. The van der Waals surface area contributed by atoms with Crippen LogP contribution in [-0.2, 0) is 0 Å². The highest BCUT2D eigenvalue weighted by molar-refractivity contribution is 6.58. The Bertz CT molecular complexity index is 444. The van der Waals surface area contributed by atoms with E-state index in [0.29, 0.717) is 16.8 Å². The maximum atomic E-state index is 9.03. The second-order valence-electron chi connectivity index (χ2n) is 3.14. The van der Waals surface area contributed by atoms with E-state index in [4.69, 9.17) is 26.3 Å². The highest BCUT2D eigenvalue weighted by Crippen LogP contribution is 2.14. The topological polar surface area (TPSA) is 126 Å². The minimum Gasteiger partial charge on any atom is -0.496 e. The molecule has 0 saturated carbocycles. The van der Waals surface area contributed by atoms with E-state index < -0.39 is 7.12 Å². The molecule has 0 radical (unpaired) electrons. The first kappa shape index (κ1) is 13.0. The van der Waals surface area contributed by atoms with Gasteiger partial charge in [0.2, 0.25) is 5.96 Å². The summed E-state index contributed by atoms with van der Waals surface area (Å²) in [6.07, 6.45) is 1.35. The predicted molar refractivity (Wildman–Crippen MR) is 66.2 cm³/mol. The van der Waals surface area contributed by atoms with Gasteiger partial charge in [0.1, 0.15) is 5.75 Å². The lowest BCUT2D eigenvalue weighted by Crippen LogP contribution is -2.30. The Balaban J connectivity index is 3.06. The van der Waals surface area contributed by atoms with Crippen molar-refractivity contribution in [3.8, 4) is 5.75 Å². The first-order chi connectivity index (χ1) is 8.04. The fourth-order valence-electron chi connectivity index (χ4n) is 1.17. The van der Waals surface area contributed by atoms with E-state index in [2.05, 4.69) is 10.2 Å². The van der Waals surface area contributed by atoms with Crippen LogP contribution in [0.1, 0.15) is 5.56 Å². The summed E-state index contributed by atoms with van der Waals surface area (Å²) in [5, 5.41) is 25.1. The van der Waals surface area contributed by atoms with E-state index in [1.165, 1.54) is 25.5 Å². The Labute approximate surface area is 98.6 Å². The van der Waals surface area contributed by atoms with Gasteiger partial charge in [-0.1, -0.05) is 6.07 Å². The molecule has 90 valence electrons. The van der Waals surface area contributed by atoms with Crippen molar-refractivity contribution in [3.05, 3.63) is 23.8 Å². The number of ether oxygens (including phenoxy) is 1. The van der Waals surface area contributed by atoms with Crippen molar-refractivity contribution in [3.63, 3.8) is 0 Å². The second-order valence-corrected chi connectivity index (χ2v) is 3.14. The van der Waals surface area contributed by atoms with Crippen LogP contribution in [0.4, 0.5) is 0 Å². The van der Waals surface area contributed by atoms with Crippen molar-refractivity contribution in [2.45, 2.75) is 0 Å². The summed E-state index contributed by atoms with van der Waals surface area (Å²) in [4.78, 5) is 0. The van der Waals surface area contributed by atoms with E-state index >= 15 is 0 Å². The third-order valence-electron chi connectivity index (χ3n) is 1.92. The SMILES string of the molecule is COc1ccc(B(O)O)cc1C=NN=C(N)N. The molecule has 1 rings (SSSR count). The van der Waals surface area contributed by atoms with Crippen molar-refractivity contribution >= 4 is 24.8 Å². The van der Waals surface area contributed by atoms with Crippen LogP contribution >= 0.6 is 0 Å². The monoisotopic (exact) mass is 236 g/mol. The Morgan fingerprint density at radius 1 is 1.41 bits per heavy atom. The molecule has 0 heterocycles. The first-order valence-electron chi connectivity index (χ1n) is 4.70. The third kappa shape index (κ3) is 3.78. The zero-order valence-corrected chi connectivity index (χ0v) is 9.24. The summed E-state index contributed by atoms with van der Waals surface area (Å²) in [6.45, 7) is 0. The smallest absolute Gasteiger partial charge is 0.488 e. The van der Waals surface area contributed by atoms with Gasteiger partial charge in [-0.05, 0) is 17.6 Å². The first-order valence-corrected chi connectivity index (χ1v) is 4.70. The lowest BCUT2D eigenvalue weighted by molar-refractivity contribution is 0.413. The van der Waals surface area contributed by atoms with Gasteiger partial charge in [0.15, 0.2) is 0 Å². The van der Waals surface area contributed by atoms with Crippen molar-refractivity contribution in [2.75, 3.05) is 7.11 Å².